The fraction of sp³-hybridized carbons (Fsp3) is 0.357. The number of ether oxygens (including phenoxy) is 1. The second kappa shape index (κ2) is 5.59. The van der Waals surface area contributed by atoms with Gasteiger partial charge in [0.15, 0.2) is 0 Å². The zero-order chi connectivity index (χ0) is 14.9. The minimum Gasteiger partial charge on any atom is -0.381 e. The van der Waals surface area contributed by atoms with Crippen molar-refractivity contribution in [1.29, 1.82) is 0 Å². The first-order valence-corrected chi connectivity index (χ1v) is 8.29. The quantitative estimate of drug-likeness (QED) is 0.915. The molecule has 0 unspecified atom stereocenters. The van der Waals surface area contributed by atoms with E-state index in [4.69, 9.17) is 9.88 Å². The predicted molar refractivity (Wildman–Crippen MR) is 77.3 cm³/mol. The van der Waals surface area contributed by atoms with Crippen molar-refractivity contribution in [1.82, 2.24) is 9.55 Å². The molecule has 0 radical (unpaired) electrons. The van der Waals surface area contributed by atoms with Gasteiger partial charge in [0.2, 0.25) is 10.0 Å². The predicted octanol–water partition coefficient (Wildman–Crippen LogP) is 1.08. The molecule has 112 valence electrons. The smallest absolute Gasteiger partial charge is 0.238 e. The van der Waals surface area contributed by atoms with E-state index in [1.807, 2.05) is 6.20 Å². The molecule has 1 aliphatic rings. The molecular formula is C14H17N3O3S. The topological polar surface area (TPSA) is 87.2 Å². The van der Waals surface area contributed by atoms with E-state index in [9.17, 15) is 8.42 Å². The van der Waals surface area contributed by atoms with Gasteiger partial charge in [-0.05, 0) is 24.1 Å². The van der Waals surface area contributed by atoms with Crippen LogP contribution >= 0.6 is 0 Å². The summed E-state index contributed by atoms with van der Waals surface area (Å²) in [6.07, 6.45) is 4.70. The number of nitrogens with zero attached hydrogens (tertiary/aromatic N) is 2. The Morgan fingerprint density at radius 3 is 2.71 bits per heavy atom. The van der Waals surface area contributed by atoms with Crippen molar-refractivity contribution >= 4 is 10.0 Å². The van der Waals surface area contributed by atoms with Crippen molar-refractivity contribution in [2.45, 2.75) is 23.8 Å². The number of imidazole rings is 1. The molecular weight excluding hydrogens is 290 g/mol. The Morgan fingerprint density at radius 1 is 1.33 bits per heavy atom. The molecule has 7 heteroatoms. The van der Waals surface area contributed by atoms with Crippen molar-refractivity contribution in [2.24, 2.45) is 5.14 Å². The fourth-order valence-corrected chi connectivity index (χ4v) is 3.05. The van der Waals surface area contributed by atoms with Crippen LogP contribution in [0.5, 0.6) is 0 Å². The molecule has 0 aliphatic carbocycles. The molecule has 2 aromatic rings. The van der Waals surface area contributed by atoms with Gasteiger partial charge in [-0.1, -0.05) is 12.1 Å². The Kier molecular flexibility index (Phi) is 3.79. The molecule has 21 heavy (non-hydrogen) atoms. The van der Waals surface area contributed by atoms with Crippen LogP contribution in [0.15, 0.2) is 41.6 Å². The minimum absolute atomic E-state index is 0.126. The third kappa shape index (κ3) is 3.15. The molecule has 1 aromatic carbocycles. The van der Waals surface area contributed by atoms with Crippen molar-refractivity contribution < 1.29 is 13.2 Å². The summed E-state index contributed by atoms with van der Waals surface area (Å²) in [7, 11) is -3.64. The highest BCUT2D eigenvalue weighted by Gasteiger charge is 2.22. The molecule has 1 fully saturated rings. The van der Waals surface area contributed by atoms with E-state index < -0.39 is 10.0 Å². The van der Waals surface area contributed by atoms with Gasteiger partial charge in [-0.15, -0.1) is 0 Å². The molecule has 1 saturated heterocycles. The second-order valence-corrected chi connectivity index (χ2v) is 6.72. The summed E-state index contributed by atoms with van der Waals surface area (Å²) in [5.74, 6) is 1.35. The number of hydrogen-bond donors (Lipinski definition) is 1. The third-order valence-corrected chi connectivity index (χ3v) is 4.58. The summed E-state index contributed by atoms with van der Waals surface area (Å²) in [5.41, 5.74) is 1.00. The Bertz CT molecular complexity index is 716. The maximum atomic E-state index is 11.2. The van der Waals surface area contributed by atoms with Crippen LogP contribution in [-0.4, -0.2) is 31.2 Å². The molecule has 1 aromatic heterocycles. The van der Waals surface area contributed by atoms with Crippen LogP contribution in [-0.2, 0) is 21.3 Å². The monoisotopic (exact) mass is 307 g/mol. The van der Waals surface area contributed by atoms with E-state index in [1.165, 1.54) is 12.1 Å². The standard InChI is InChI=1S/C14H17N3O3S/c15-21(18,19)13-3-1-11(2-4-13)9-17-7-6-16-14(17)12-5-8-20-10-12/h1-4,6-7,12H,5,8-10H2,(H2,15,18,19)/t12-/m1/s1. The van der Waals surface area contributed by atoms with Gasteiger partial charge in [0, 0.05) is 31.5 Å². The molecule has 1 aliphatic heterocycles. The zero-order valence-electron chi connectivity index (χ0n) is 11.5. The van der Waals surface area contributed by atoms with Gasteiger partial charge in [-0.25, -0.2) is 18.5 Å². The number of sulfonamides is 1. The van der Waals surface area contributed by atoms with E-state index in [0.717, 1.165) is 24.4 Å². The first-order valence-electron chi connectivity index (χ1n) is 6.74. The van der Waals surface area contributed by atoms with Crippen molar-refractivity contribution in [3.05, 3.63) is 48.0 Å². The van der Waals surface area contributed by atoms with Crippen molar-refractivity contribution in [3.63, 3.8) is 0 Å². The summed E-state index contributed by atoms with van der Waals surface area (Å²) in [4.78, 5) is 4.54. The molecule has 0 bridgehead atoms. The van der Waals surface area contributed by atoms with Crippen LogP contribution in [0.2, 0.25) is 0 Å². The first kappa shape index (κ1) is 14.2. The van der Waals surface area contributed by atoms with Gasteiger partial charge in [-0.2, -0.15) is 0 Å². The number of aromatic nitrogens is 2. The normalized spacial score (nSPS) is 19.0. The SMILES string of the molecule is NS(=O)(=O)c1ccc(Cn2ccnc2[C@@H]2CCOC2)cc1. The summed E-state index contributed by atoms with van der Waals surface area (Å²) in [6, 6.07) is 6.60. The highest BCUT2D eigenvalue weighted by Crippen LogP contribution is 2.24. The van der Waals surface area contributed by atoms with Gasteiger partial charge in [-0.3, -0.25) is 0 Å². The molecule has 2 heterocycles. The van der Waals surface area contributed by atoms with E-state index in [-0.39, 0.29) is 4.90 Å². The molecule has 6 nitrogen and oxygen atoms in total. The summed E-state index contributed by atoms with van der Waals surface area (Å²) in [5, 5.41) is 5.09. The lowest BCUT2D eigenvalue weighted by Gasteiger charge is -2.12. The maximum absolute atomic E-state index is 11.2. The lowest BCUT2D eigenvalue weighted by Crippen LogP contribution is -2.12. The molecule has 3 rings (SSSR count). The van der Waals surface area contributed by atoms with E-state index in [0.29, 0.717) is 19.1 Å². The average molecular weight is 307 g/mol. The van der Waals surface area contributed by atoms with Crippen LogP contribution in [0.4, 0.5) is 0 Å². The van der Waals surface area contributed by atoms with Gasteiger partial charge < -0.3 is 9.30 Å². The molecule has 1 atom stereocenters. The molecule has 0 spiro atoms. The average Bonchev–Trinajstić information content (AvgIpc) is 3.08. The van der Waals surface area contributed by atoms with Crippen LogP contribution in [0.3, 0.4) is 0 Å². The summed E-state index contributed by atoms with van der Waals surface area (Å²) >= 11 is 0. The van der Waals surface area contributed by atoms with Gasteiger partial charge in [0.05, 0.1) is 11.5 Å². The van der Waals surface area contributed by atoms with Crippen molar-refractivity contribution in [3.8, 4) is 0 Å². The van der Waals surface area contributed by atoms with Crippen LogP contribution in [0.25, 0.3) is 0 Å². The Balaban J connectivity index is 1.79. The molecule has 2 N–H and O–H groups in total. The minimum atomic E-state index is -3.64. The summed E-state index contributed by atoms with van der Waals surface area (Å²) in [6.45, 7) is 2.14. The largest absolute Gasteiger partial charge is 0.381 e. The maximum Gasteiger partial charge on any atom is 0.238 e. The summed E-state index contributed by atoms with van der Waals surface area (Å²) < 4.78 is 30.0. The van der Waals surface area contributed by atoms with Crippen LogP contribution in [0, 0.1) is 0 Å². The molecule has 0 saturated carbocycles. The van der Waals surface area contributed by atoms with Gasteiger partial charge in [0.25, 0.3) is 0 Å². The van der Waals surface area contributed by atoms with Gasteiger partial charge in [0.1, 0.15) is 5.82 Å². The van der Waals surface area contributed by atoms with Crippen LogP contribution < -0.4 is 5.14 Å². The third-order valence-electron chi connectivity index (χ3n) is 3.65. The lowest BCUT2D eigenvalue weighted by molar-refractivity contribution is 0.192. The second-order valence-electron chi connectivity index (χ2n) is 5.16. The highest BCUT2D eigenvalue weighted by atomic mass is 32.2. The number of benzene rings is 1. The van der Waals surface area contributed by atoms with Crippen LogP contribution in [0.1, 0.15) is 23.7 Å². The fourth-order valence-electron chi connectivity index (χ4n) is 2.53. The zero-order valence-corrected chi connectivity index (χ0v) is 12.3. The number of primary sulfonamides is 1. The number of hydrogen-bond acceptors (Lipinski definition) is 4. The van der Waals surface area contributed by atoms with E-state index in [2.05, 4.69) is 9.55 Å². The highest BCUT2D eigenvalue weighted by molar-refractivity contribution is 7.89. The van der Waals surface area contributed by atoms with E-state index in [1.54, 1.807) is 18.3 Å². The Morgan fingerprint density at radius 2 is 2.10 bits per heavy atom. The number of nitrogens with two attached hydrogens (primary N) is 1. The molecule has 0 amide bonds. The van der Waals surface area contributed by atoms with Gasteiger partial charge >= 0.3 is 0 Å². The Labute approximate surface area is 123 Å². The first-order chi connectivity index (χ1) is 10.0. The lowest BCUT2D eigenvalue weighted by atomic mass is 10.1. The number of rotatable bonds is 4. The Hall–Kier alpha value is -1.70. The van der Waals surface area contributed by atoms with Crippen molar-refractivity contribution in [2.75, 3.05) is 13.2 Å². The van der Waals surface area contributed by atoms with E-state index >= 15 is 0 Å².